The third-order valence-corrected chi connectivity index (χ3v) is 8.96. The summed E-state index contributed by atoms with van der Waals surface area (Å²) < 4.78 is 0. The summed E-state index contributed by atoms with van der Waals surface area (Å²) in [5, 5.41) is 0. The van der Waals surface area contributed by atoms with E-state index >= 15 is 0 Å². The molecule has 0 radical (unpaired) electrons. The predicted molar refractivity (Wildman–Crippen MR) is 76.6 cm³/mol. The molecular weight excluding hydrogens is 224 g/mol. The highest BCUT2D eigenvalue weighted by Crippen LogP contribution is 2.74. The molecule has 0 nitrogen and oxygen atoms in total. The maximum atomic E-state index is 2.42. The van der Waals surface area contributed by atoms with Crippen LogP contribution in [0.4, 0.5) is 0 Å². The van der Waals surface area contributed by atoms with Gasteiger partial charge in [0.2, 0.25) is 0 Å². The van der Waals surface area contributed by atoms with Gasteiger partial charge in [0.15, 0.2) is 0 Å². The van der Waals surface area contributed by atoms with Gasteiger partial charge in [-0.2, -0.15) is 10.0 Å². The molecule has 1 heteroatoms. The van der Waals surface area contributed by atoms with E-state index in [0.717, 1.165) is 0 Å². The highest BCUT2D eigenvalue weighted by Gasteiger charge is 2.41. The Bertz CT molecular complexity index is 530. The van der Waals surface area contributed by atoms with E-state index in [-0.39, 0.29) is 0 Å². The van der Waals surface area contributed by atoms with Crippen molar-refractivity contribution in [1.82, 2.24) is 0 Å². The number of hydrogen-bond acceptors (Lipinski definition) is 0. The molecule has 0 N–H and O–H groups in total. The second-order valence-electron chi connectivity index (χ2n) is 5.27. The lowest BCUT2D eigenvalue weighted by molar-refractivity contribution is 0.949. The zero-order valence-electron chi connectivity index (χ0n) is 10.1. The van der Waals surface area contributed by atoms with E-state index in [9.17, 15) is 0 Å². The largest absolute Gasteiger partial charge is 0.190 e. The first-order chi connectivity index (χ1) is 8.42. The maximum Gasteiger partial charge on any atom is 0.00174 e. The smallest absolute Gasteiger partial charge is 0.00174 e. The van der Waals surface area contributed by atoms with Crippen LogP contribution in [0.2, 0.25) is 0 Å². The normalized spacial score (nSPS) is 26.1. The van der Waals surface area contributed by atoms with E-state index in [1.54, 1.807) is 16.0 Å². The van der Waals surface area contributed by atoms with E-state index in [0.29, 0.717) is 0 Å². The Morgan fingerprint density at radius 2 is 1.82 bits per heavy atom. The lowest BCUT2D eigenvalue weighted by Gasteiger charge is -2.36. The van der Waals surface area contributed by atoms with Gasteiger partial charge in [-0.1, -0.05) is 30.4 Å². The Hall–Kier alpha value is -0.950. The molecule has 0 aromatic heterocycles. The first-order valence-electron chi connectivity index (χ1n) is 6.70. The zero-order chi connectivity index (χ0) is 11.3. The maximum absolute atomic E-state index is 2.42. The summed E-state index contributed by atoms with van der Waals surface area (Å²) in [7, 11) is -0.558. The molecule has 2 heterocycles. The van der Waals surface area contributed by atoms with E-state index in [1.165, 1.54) is 37.2 Å². The summed E-state index contributed by atoms with van der Waals surface area (Å²) in [6, 6.07) is 9.22. The van der Waals surface area contributed by atoms with Crippen LogP contribution in [-0.4, -0.2) is 11.5 Å². The number of allylic oxidation sites excluding steroid dienone is 4. The minimum absolute atomic E-state index is 0.558. The average molecular weight is 242 g/mol. The van der Waals surface area contributed by atoms with Crippen LogP contribution in [-0.2, 0) is 0 Å². The Kier molecular flexibility index (Phi) is 2.07. The predicted octanol–water partition coefficient (Wildman–Crippen LogP) is 4.72. The highest BCUT2D eigenvalue weighted by molar-refractivity contribution is 8.37. The number of fused-ring (bicyclic) bond motifs is 4. The third-order valence-electron chi connectivity index (χ3n) is 4.43. The van der Waals surface area contributed by atoms with Gasteiger partial charge in [-0.25, -0.2) is 0 Å². The molecule has 17 heavy (non-hydrogen) atoms. The molecule has 0 bridgehead atoms. The van der Waals surface area contributed by atoms with Gasteiger partial charge >= 0.3 is 0 Å². The molecule has 3 aliphatic rings. The van der Waals surface area contributed by atoms with Gasteiger partial charge in [0.25, 0.3) is 0 Å². The van der Waals surface area contributed by atoms with Crippen molar-refractivity contribution in [3.05, 3.63) is 46.9 Å². The lowest BCUT2D eigenvalue weighted by Crippen LogP contribution is -2.03. The topological polar surface area (TPSA) is 0 Å². The van der Waals surface area contributed by atoms with E-state index < -0.39 is 10.0 Å². The van der Waals surface area contributed by atoms with Crippen molar-refractivity contribution in [2.75, 3.05) is 11.5 Å². The fourth-order valence-electron chi connectivity index (χ4n) is 3.72. The van der Waals surface area contributed by atoms with Crippen molar-refractivity contribution < 1.29 is 0 Å². The van der Waals surface area contributed by atoms with Crippen LogP contribution in [0.3, 0.4) is 0 Å². The van der Waals surface area contributed by atoms with Crippen molar-refractivity contribution in [1.29, 1.82) is 0 Å². The molecule has 88 valence electrons. The average Bonchev–Trinajstić information content (AvgIpc) is 2.98. The van der Waals surface area contributed by atoms with E-state index in [1.807, 2.05) is 4.91 Å². The van der Waals surface area contributed by atoms with Crippen LogP contribution >= 0.6 is 10.0 Å². The van der Waals surface area contributed by atoms with Crippen LogP contribution in [0.5, 0.6) is 0 Å². The Morgan fingerprint density at radius 1 is 1.00 bits per heavy atom. The second-order valence-corrected chi connectivity index (χ2v) is 8.79. The van der Waals surface area contributed by atoms with E-state index in [2.05, 4.69) is 36.4 Å². The van der Waals surface area contributed by atoms with Crippen LogP contribution < -0.4 is 0 Å². The molecule has 4 rings (SSSR count). The molecule has 0 saturated carbocycles. The molecule has 1 aliphatic carbocycles. The standard InChI is InChI=1S/C16H18S/c1-3-9-15-13(7-1)14-8-2-4-10-16(14)17(15)11-5-6-12-17/h1-3,7-9H,4-6,10-12H2. The Morgan fingerprint density at radius 3 is 2.71 bits per heavy atom. The molecule has 1 saturated heterocycles. The van der Waals surface area contributed by atoms with Gasteiger partial charge in [0, 0.05) is 4.90 Å². The number of benzene rings is 1. The lowest BCUT2D eigenvalue weighted by atomic mass is 10.00. The SMILES string of the molecule is C1=CC2=C(CC1)S1(CCCC1)c1ccccc12. The van der Waals surface area contributed by atoms with Crippen molar-refractivity contribution in [2.45, 2.75) is 30.6 Å². The molecule has 2 aliphatic heterocycles. The Balaban J connectivity index is 2.01. The number of rotatable bonds is 0. The molecule has 0 amide bonds. The minimum Gasteiger partial charge on any atom is -0.190 e. The van der Waals surface area contributed by atoms with Crippen molar-refractivity contribution in [3.63, 3.8) is 0 Å². The summed E-state index contributed by atoms with van der Waals surface area (Å²) in [6.07, 6.45) is 10.3. The highest BCUT2D eigenvalue weighted by atomic mass is 32.3. The monoisotopic (exact) mass is 242 g/mol. The number of hydrogen-bond donors (Lipinski definition) is 0. The van der Waals surface area contributed by atoms with E-state index in [4.69, 9.17) is 0 Å². The summed E-state index contributed by atoms with van der Waals surface area (Å²) in [5.41, 5.74) is 3.17. The van der Waals surface area contributed by atoms with Gasteiger partial charge in [-0.15, -0.1) is 0 Å². The van der Waals surface area contributed by atoms with Crippen LogP contribution in [0.15, 0.2) is 46.2 Å². The first kappa shape index (κ1) is 10.0. The van der Waals surface area contributed by atoms with Crippen molar-refractivity contribution in [3.8, 4) is 0 Å². The van der Waals surface area contributed by atoms with Gasteiger partial charge in [-0.05, 0) is 59.3 Å². The molecule has 1 aromatic rings. The third kappa shape index (κ3) is 1.21. The van der Waals surface area contributed by atoms with Crippen molar-refractivity contribution in [2.24, 2.45) is 0 Å². The van der Waals surface area contributed by atoms with Gasteiger partial charge in [0.1, 0.15) is 0 Å². The summed E-state index contributed by atoms with van der Waals surface area (Å²) >= 11 is 0. The molecule has 1 spiro atoms. The first-order valence-corrected chi connectivity index (χ1v) is 8.67. The van der Waals surface area contributed by atoms with Gasteiger partial charge in [-0.3, -0.25) is 0 Å². The molecular formula is C16H18S. The molecule has 0 unspecified atom stereocenters. The quantitative estimate of drug-likeness (QED) is 0.617. The summed E-state index contributed by atoms with van der Waals surface area (Å²) in [5.74, 6) is 2.94. The second kappa shape index (κ2) is 3.52. The zero-order valence-corrected chi connectivity index (χ0v) is 10.9. The van der Waals surface area contributed by atoms with Crippen molar-refractivity contribution >= 4 is 15.6 Å². The summed E-state index contributed by atoms with van der Waals surface area (Å²) in [4.78, 5) is 3.56. The fourth-order valence-corrected chi connectivity index (χ4v) is 8.56. The van der Waals surface area contributed by atoms with Crippen LogP contribution in [0, 0.1) is 0 Å². The Labute approximate surface area is 105 Å². The van der Waals surface area contributed by atoms with Gasteiger partial charge in [0.05, 0.1) is 0 Å². The molecule has 0 atom stereocenters. The molecule has 1 aromatic carbocycles. The minimum atomic E-state index is -0.558. The summed E-state index contributed by atoms with van der Waals surface area (Å²) in [6.45, 7) is 0. The fraction of sp³-hybridized carbons (Fsp3) is 0.375. The van der Waals surface area contributed by atoms with Crippen LogP contribution in [0.25, 0.3) is 5.57 Å². The van der Waals surface area contributed by atoms with Gasteiger partial charge < -0.3 is 0 Å². The van der Waals surface area contributed by atoms with Crippen LogP contribution in [0.1, 0.15) is 31.2 Å². The molecule has 1 fully saturated rings.